The highest BCUT2D eigenvalue weighted by atomic mass is 35.5. The second-order valence-corrected chi connectivity index (χ2v) is 6.92. The van der Waals surface area contributed by atoms with E-state index in [0.717, 1.165) is 4.90 Å². The Balaban J connectivity index is 1.95. The third-order valence-electron chi connectivity index (χ3n) is 2.91. The fourth-order valence-electron chi connectivity index (χ4n) is 1.86. The summed E-state index contributed by atoms with van der Waals surface area (Å²) in [4.78, 5) is 25.8. The quantitative estimate of drug-likeness (QED) is 0.678. The predicted octanol–water partition coefficient (Wildman–Crippen LogP) is 3.42. The lowest BCUT2D eigenvalue weighted by atomic mass is 10.1. The number of rotatable bonds is 4. The molecule has 3 amide bonds. The molecule has 1 N–H and O–H groups in total. The summed E-state index contributed by atoms with van der Waals surface area (Å²) < 4.78 is 0. The van der Waals surface area contributed by atoms with Crippen molar-refractivity contribution in [2.24, 2.45) is 0 Å². The maximum Gasteiger partial charge on any atom is 0.325 e. The lowest BCUT2D eigenvalue weighted by Crippen LogP contribution is -2.40. The molecule has 108 valence electrons. The van der Waals surface area contributed by atoms with Crippen molar-refractivity contribution in [2.75, 3.05) is 12.3 Å². The molecule has 4 nitrogen and oxygen atoms in total. The van der Waals surface area contributed by atoms with E-state index in [9.17, 15) is 9.59 Å². The number of imide groups is 1. The number of benzene rings is 1. The molecule has 0 unspecified atom stereocenters. The summed E-state index contributed by atoms with van der Waals surface area (Å²) in [5.74, 6) is 0.357. The molecule has 2 rings (SSSR count). The van der Waals surface area contributed by atoms with E-state index in [0.29, 0.717) is 22.3 Å². The molecular formula is C13H14Cl2N2O2S. The van der Waals surface area contributed by atoms with Gasteiger partial charge in [0.2, 0.25) is 0 Å². The van der Waals surface area contributed by atoms with Crippen LogP contribution in [0, 0.1) is 0 Å². The van der Waals surface area contributed by atoms with Crippen LogP contribution in [0.5, 0.6) is 0 Å². The predicted molar refractivity (Wildman–Crippen MR) is 81.5 cm³/mol. The topological polar surface area (TPSA) is 49.4 Å². The van der Waals surface area contributed by atoms with E-state index in [2.05, 4.69) is 5.32 Å². The van der Waals surface area contributed by atoms with Crippen LogP contribution >= 0.6 is 35.0 Å². The fraction of sp³-hybridized carbons (Fsp3) is 0.385. The van der Waals surface area contributed by atoms with E-state index in [1.165, 1.54) is 16.7 Å². The number of nitrogens with zero attached hydrogens (tertiary/aromatic N) is 1. The van der Waals surface area contributed by atoms with Gasteiger partial charge in [0, 0.05) is 22.2 Å². The van der Waals surface area contributed by atoms with Crippen molar-refractivity contribution in [3.63, 3.8) is 0 Å². The molecule has 0 aromatic heterocycles. The van der Waals surface area contributed by atoms with Crippen molar-refractivity contribution in [1.29, 1.82) is 0 Å². The first-order valence-electron chi connectivity index (χ1n) is 6.03. The largest absolute Gasteiger partial charge is 0.325 e. The lowest BCUT2D eigenvalue weighted by molar-refractivity contribution is -0.130. The van der Waals surface area contributed by atoms with E-state index in [4.69, 9.17) is 23.2 Å². The van der Waals surface area contributed by atoms with Crippen molar-refractivity contribution in [1.82, 2.24) is 10.2 Å². The number of urea groups is 1. The maximum absolute atomic E-state index is 12.0. The highest BCUT2D eigenvalue weighted by Crippen LogP contribution is 2.30. The summed E-state index contributed by atoms with van der Waals surface area (Å²) in [5, 5.41) is 3.86. The Morgan fingerprint density at radius 1 is 1.30 bits per heavy atom. The first-order chi connectivity index (χ1) is 9.31. The molecule has 0 radical (unpaired) electrons. The van der Waals surface area contributed by atoms with Gasteiger partial charge in [-0.2, -0.15) is 0 Å². The normalized spacial score (nSPS) is 17.5. The number of nitrogens with one attached hydrogen (secondary N) is 1. The average molecular weight is 333 g/mol. The molecular weight excluding hydrogens is 319 g/mol. The van der Waals surface area contributed by atoms with Gasteiger partial charge in [-0.1, -0.05) is 23.2 Å². The van der Waals surface area contributed by atoms with Crippen molar-refractivity contribution >= 4 is 46.9 Å². The maximum atomic E-state index is 12.0. The number of hydrogen-bond acceptors (Lipinski definition) is 3. The highest BCUT2D eigenvalue weighted by molar-refractivity contribution is 7.99. The van der Waals surface area contributed by atoms with Crippen LogP contribution in [0.15, 0.2) is 23.1 Å². The molecule has 1 fully saturated rings. The summed E-state index contributed by atoms with van der Waals surface area (Å²) in [5.41, 5.74) is -0.824. The van der Waals surface area contributed by atoms with Gasteiger partial charge in [-0.3, -0.25) is 9.69 Å². The fourth-order valence-corrected chi connectivity index (χ4v) is 3.28. The number of hydrogen-bond donors (Lipinski definition) is 1. The molecule has 1 saturated heterocycles. The van der Waals surface area contributed by atoms with E-state index in [-0.39, 0.29) is 11.9 Å². The van der Waals surface area contributed by atoms with Gasteiger partial charge in [0.1, 0.15) is 5.54 Å². The molecule has 0 bridgehead atoms. The smallest absolute Gasteiger partial charge is 0.324 e. The minimum absolute atomic E-state index is 0.208. The van der Waals surface area contributed by atoms with Gasteiger partial charge in [0.15, 0.2) is 0 Å². The SMILES string of the molecule is CC1(C)NC(=O)N(CCSc2cc(Cl)ccc2Cl)C1=O. The van der Waals surface area contributed by atoms with E-state index in [1.807, 2.05) is 0 Å². The first-order valence-corrected chi connectivity index (χ1v) is 7.77. The summed E-state index contributed by atoms with van der Waals surface area (Å²) in [7, 11) is 0. The minimum atomic E-state index is -0.824. The van der Waals surface area contributed by atoms with Gasteiger partial charge in [0.05, 0.1) is 5.02 Å². The standard InChI is InChI=1S/C13H14Cl2N2O2S/c1-13(2)11(18)17(12(19)16-13)5-6-20-10-7-8(14)3-4-9(10)15/h3-4,7H,5-6H2,1-2H3,(H,16,19). The Morgan fingerprint density at radius 3 is 2.60 bits per heavy atom. The van der Waals surface area contributed by atoms with Crippen LogP contribution in [0.2, 0.25) is 10.0 Å². The summed E-state index contributed by atoms with van der Waals surface area (Å²) in [6.07, 6.45) is 0. The molecule has 1 aromatic rings. The number of carbonyl (C=O) groups excluding carboxylic acids is 2. The molecule has 1 aliphatic heterocycles. The molecule has 0 saturated carbocycles. The number of thioether (sulfide) groups is 1. The second kappa shape index (κ2) is 5.84. The van der Waals surface area contributed by atoms with Crippen LogP contribution in [0.4, 0.5) is 4.79 Å². The van der Waals surface area contributed by atoms with Gasteiger partial charge in [-0.15, -0.1) is 11.8 Å². The first kappa shape index (κ1) is 15.5. The molecule has 1 heterocycles. The monoisotopic (exact) mass is 332 g/mol. The van der Waals surface area contributed by atoms with Crippen molar-refractivity contribution in [2.45, 2.75) is 24.3 Å². The molecule has 20 heavy (non-hydrogen) atoms. The van der Waals surface area contributed by atoms with E-state index >= 15 is 0 Å². The Labute approximate surface area is 131 Å². The molecule has 1 aliphatic rings. The molecule has 0 spiro atoms. The van der Waals surface area contributed by atoms with Crippen molar-refractivity contribution in [3.05, 3.63) is 28.2 Å². The molecule has 7 heteroatoms. The van der Waals surface area contributed by atoms with Gasteiger partial charge in [-0.05, 0) is 32.0 Å². The lowest BCUT2D eigenvalue weighted by Gasteiger charge is -2.15. The van der Waals surface area contributed by atoms with Crippen LogP contribution < -0.4 is 5.32 Å². The number of carbonyl (C=O) groups is 2. The van der Waals surface area contributed by atoms with E-state index < -0.39 is 5.54 Å². The number of halogens is 2. The number of amides is 3. The van der Waals surface area contributed by atoms with Crippen molar-refractivity contribution in [3.8, 4) is 0 Å². The Bertz CT molecular complexity index is 563. The third kappa shape index (κ3) is 3.22. The van der Waals surface area contributed by atoms with Crippen LogP contribution in [0.25, 0.3) is 0 Å². The van der Waals surface area contributed by atoms with Crippen LogP contribution in [0.1, 0.15) is 13.8 Å². The zero-order valence-electron chi connectivity index (χ0n) is 11.1. The van der Waals surface area contributed by atoms with Crippen LogP contribution in [-0.4, -0.2) is 34.7 Å². The summed E-state index contributed by atoms with van der Waals surface area (Å²) in [6.45, 7) is 3.71. The molecule has 1 aromatic carbocycles. The average Bonchev–Trinajstić information content (AvgIpc) is 2.55. The van der Waals surface area contributed by atoms with Crippen LogP contribution in [0.3, 0.4) is 0 Å². The van der Waals surface area contributed by atoms with Gasteiger partial charge in [-0.25, -0.2) is 4.79 Å². The Hall–Kier alpha value is -0.910. The minimum Gasteiger partial charge on any atom is -0.324 e. The summed E-state index contributed by atoms with van der Waals surface area (Å²) >= 11 is 13.4. The zero-order chi connectivity index (χ0) is 14.9. The zero-order valence-corrected chi connectivity index (χ0v) is 13.4. The third-order valence-corrected chi connectivity index (χ3v) is 4.62. The molecule has 0 atom stereocenters. The summed E-state index contributed by atoms with van der Waals surface area (Å²) in [6, 6.07) is 4.86. The van der Waals surface area contributed by atoms with Crippen LogP contribution in [-0.2, 0) is 4.79 Å². The van der Waals surface area contributed by atoms with Gasteiger partial charge >= 0.3 is 6.03 Å². The Morgan fingerprint density at radius 2 is 2.00 bits per heavy atom. The Kier molecular flexibility index (Phi) is 4.52. The van der Waals surface area contributed by atoms with Gasteiger partial charge < -0.3 is 5.32 Å². The highest BCUT2D eigenvalue weighted by Gasteiger charge is 2.43. The molecule has 0 aliphatic carbocycles. The van der Waals surface area contributed by atoms with E-state index in [1.54, 1.807) is 32.0 Å². The van der Waals surface area contributed by atoms with Crippen molar-refractivity contribution < 1.29 is 9.59 Å². The van der Waals surface area contributed by atoms with Gasteiger partial charge in [0.25, 0.3) is 5.91 Å². The second-order valence-electron chi connectivity index (χ2n) is 4.94.